The molecule has 0 unspecified atom stereocenters. The zero-order valence-electron chi connectivity index (χ0n) is 33.5. The number of para-hydroxylation sites is 2. The van der Waals surface area contributed by atoms with E-state index in [0.717, 1.165) is 83.8 Å². The molecule has 5 heterocycles. The van der Waals surface area contributed by atoms with Crippen molar-refractivity contribution in [2.24, 2.45) is 0 Å². The minimum Gasteiger partial charge on any atom is -0.309 e. The molecule has 0 aliphatic carbocycles. The van der Waals surface area contributed by atoms with Gasteiger partial charge in [-0.3, -0.25) is 9.97 Å². The lowest BCUT2D eigenvalue weighted by Crippen LogP contribution is -2.01. The summed E-state index contributed by atoms with van der Waals surface area (Å²) in [4.78, 5) is 19.3. The van der Waals surface area contributed by atoms with Crippen LogP contribution < -0.4 is 0 Å². The maximum atomic E-state index is 5.34. The fourth-order valence-electron chi connectivity index (χ4n) is 9.00. The Bertz CT molecular complexity index is 3380. The number of hydrogen-bond acceptors (Lipinski definition) is 4. The van der Waals surface area contributed by atoms with E-state index in [0.29, 0.717) is 5.82 Å². The van der Waals surface area contributed by atoms with E-state index in [1.165, 1.54) is 21.5 Å². The van der Waals surface area contributed by atoms with Gasteiger partial charge in [0.05, 0.1) is 33.5 Å². The van der Waals surface area contributed by atoms with Crippen LogP contribution in [0.2, 0.25) is 0 Å². The first-order valence-electron chi connectivity index (χ1n) is 20.8. The van der Waals surface area contributed by atoms with E-state index >= 15 is 0 Å². The molecule has 62 heavy (non-hydrogen) atoms. The van der Waals surface area contributed by atoms with Crippen LogP contribution in [0.4, 0.5) is 0 Å². The van der Waals surface area contributed by atoms with Crippen molar-refractivity contribution < 1.29 is 0 Å². The lowest BCUT2D eigenvalue weighted by atomic mass is 10.0. The topological polar surface area (TPSA) is 61.4 Å². The van der Waals surface area contributed by atoms with E-state index in [9.17, 15) is 0 Å². The number of benzene rings is 7. The summed E-state index contributed by atoms with van der Waals surface area (Å²) in [5.74, 6) is 0.675. The Labute approximate surface area is 357 Å². The third kappa shape index (κ3) is 6.04. The highest BCUT2D eigenvalue weighted by Gasteiger charge is 2.20. The second-order valence-electron chi connectivity index (χ2n) is 15.6. The van der Waals surface area contributed by atoms with Crippen molar-refractivity contribution in [3.05, 3.63) is 219 Å². The molecule has 12 aromatic rings. The van der Waals surface area contributed by atoms with E-state index in [1.807, 2.05) is 61.2 Å². The van der Waals surface area contributed by atoms with Crippen LogP contribution in [-0.4, -0.2) is 29.1 Å². The van der Waals surface area contributed by atoms with Crippen LogP contribution in [0, 0.1) is 0 Å². The molecule has 0 N–H and O–H groups in total. The summed E-state index contributed by atoms with van der Waals surface area (Å²) in [6.07, 6.45) is 7.49. The third-order valence-corrected chi connectivity index (χ3v) is 11.9. The number of rotatable bonds is 7. The molecule has 12 rings (SSSR count). The van der Waals surface area contributed by atoms with Crippen molar-refractivity contribution in [2.45, 2.75) is 0 Å². The van der Waals surface area contributed by atoms with Crippen molar-refractivity contribution in [2.75, 3.05) is 0 Å². The highest BCUT2D eigenvalue weighted by Crippen LogP contribution is 2.40. The predicted molar refractivity (Wildman–Crippen MR) is 253 cm³/mol. The van der Waals surface area contributed by atoms with Gasteiger partial charge in [-0.1, -0.05) is 121 Å². The first-order chi connectivity index (χ1) is 30.7. The van der Waals surface area contributed by atoms with Gasteiger partial charge in [-0.15, -0.1) is 0 Å². The van der Waals surface area contributed by atoms with Crippen LogP contribution in [-0.2, 0) is 0 Å². The summed E-state index contributed by atoms with van der Waals surface area (Å²) >= 11 is 0. The van der Waals surface area contributed by atoms with Gasteiger partial charge in [0.15, 0.2) is 5.82 Å². The maximum Gasteiger partial charge on any atom is 0.160 e. The average molecular weight is 793 g/mol. The molecule has 0 spiro atoms. The molecular weight excluding hydrogens is 757 g/mol. The van der Waals surface area contributed by atoms with E-state index in [1.54, 1.807) is 0 Å². The fourth-order valence-corrected chi connectivity index (χ4v) is 9.00. The molecule has 0 aliphatic heterocycles. The molecule has 6 nitrogen and oxygen atoms in total. The molecule has 0 radical (unpaired) electrons. The quantitative estimate of drug-likeness (QED) is 0.161. The Balaban J connectivity index is 1.15. The standard InChI is InChI=1S/C56H36N6/c1-3-13-37(14-4-1)50-34-51(60-56(59-50)38-15-5-2-6-16-38)43-29-44(61-52-21-9-7-19-46(52)48-31-39(23-25-54(48)61)41-17-11-27-57-35-41)33-45(30-43)62-53-22-10-8-20-47(53)49-32-40(24-26-55(49)62)42-18-12-28-58-36-42/h1-36H. The first-order valence-corrected chi connectivity index (χ1v) is 20.8. The van der Waals surface area contributed by atoms with Gasteiger partial charge in [0.1, 0.15) is 0 Å². The second kappa shape index (κ2) is 14.7. The van der Waals surface area contributed by atoms with Crippen LogP contribution in [0.5, 0.6) is 0 Å². The van der Waals surface area contributed by atoms with E-state index in [-0.39, 0.29) is 0 Å². The Kier molecular flexibility index (Phi) is 8.38. The molecule has 290 valence electrons. The normalized spacial score (nSPS) is 11.5. The van der Waals surface area contributed by atoms with Crippen molar-refractivity contribution in [1.29, 1.82) is 0 Å². The van der Waals surface area contributed by atoms with Crippen LogP contribution in [0.3, 0.4) is 0 Å². The summed E-state index contributed by atoms with van der Waals surface area (Å²) in [7, 11) is 0. The van der Waals surface area contributed by atoms with Gasteiger partial charge in [0.2, 0.25) is 0 Å². The zero-order valence-corrected chi connectivity index (χ0v) is 33.5. The van der Waals surface area contributed by atoms with Crippen molar-refractivity contribution in [3.8, 4) is 67.5 Å². The number of aromatic nitrogens is 6. The van der Waals surface area contributed by atoms with Gasteiger partial charge in [-0.05, 0) is 83.9 Å². The van der Waals surface area contributed by atoms with Crippen LogP contribution in [0.25, 0.3) is 111 Å². The van der Waals surface area contributed by atoms with E-state index in [4.69, 9.17) is 9.97 Å². The SMILES string of the molecule is c1ccc(-c2cc(-c3cc(-n4c5ccccc5c5cc(-c6cccnc6)ccc54)cc(-n4c5ccccc5c5cc(-c6cccnc6)ccc54)c3)nc(-c3ccccc3)n2)cc1. The third-order valence-electron chi connectivity index (χ3n) is 11.9. The summed E-state index contributed by atoms with van der Waals surface area (Å²) < 4.78 is 4.80. The molecule has 0 saturated heterocycles. The Morgan fingerprint density at radius 2 is 0.742 bits per heavy atom. The molecule has 0 fully saturated rings. The monoisotopic (exact) mass is 792 g/mol. The van der Waals surface area contributed by atoms with E-state index in [2.05, 4.69) is 177 Å². The zero-order chi connectivity index (χ0) is 41.0. The van der Waals surface area contributed by atoms with Gasteiger partial charge in [0.25, 0.3) is 0 Å². The highest BCUT2D eigenvalue weighted by atomic mass is 15.0. The molecule has 0 atom stereocenters. The summed E-state index contributed by atoms with van der Waals surface area (Å²) in [5.41, 5.74) is 15.6. The smallest absolute Gasteiger partial charge is 0.160 e. The summed E-state index contributed by atoms with van der Waals surface area (Å²) in [5, 5.41) is 4.71. The van der Waals surface area contributed by atoms with Gasteiger partial charge in [-0.2, -0.15) is 0 Å². The van der Waals surface area contributed by atoms with E-state index < -0.39 is 0 Å². The fraction of sp³-hybridized carbons (Fsp3) is 0. The van der Waals surface area contributed by atoms with Crippen LogP contribution in [0.15, 0.2) is 219 Å². The molecule has 0 saturated carbocycles. The van der Waals surface area contributed by atoms with Crippen molar-refractivity contribution in [1.82, 2.24) is 29.1 Å². The molecule has 5 aromatic heterocycles. The van der Waals surface area contributed by atoms with Gasteiger partial charge in [0, 0.05) is 85.5 Å². The Hall–Kier alpha value is -8.48. The minimum atomic E-state index is 0.675. The molecular formula is C56H36N6. The number of fused-ring (bicyclic) bond motifs is 6. The number of hydrogen-bond donors (Lipinski definition) is 0. The lowest BCUT2D eigenvalue weighted by molar-refractivity contribution is 1.13. The summed E-state index contributed by atoms with van der Waals surface area (Å²) in [6, 6.07) is 68.7. The van der Waals surface area contributed by atoms with Gasteiger partial charge in [-0.25, -0.2) is 9.97 Å². The lowest BCUT2D eigenvalue weighted by Gasteiger charge is -2.16. The second-order valence-corrected chi connectivity index (χ2v) is 15.6. The number of nitrogens with zero attached hydrogens (tertiary/aromatic N) is 6. The van der Waals surface area contributed by atoms with Gasteiger partial charge >= 0.3 is 0 Å². The highest BCUT2D eigenvalue weighted by molar-refractivity contribution is 6.12. The predicted octanol–water partition coefficient (Wildman–Crippen LogP) is 13.8. The summed E-state index contributed by atoms with van der Waals surface area (Å²) in [6.45, 7) is 0. The Morgan fingerprint density at radius 1 is 0.290 bits per heavy atom. The Morgan fingerprint density at radius 3 is 1.26 bits per heavy atom. The van der Waals surface area contributed by atoms with Crippen molar-refractivity contribution in [3.63, 3.8) is 0 Å². The maximum absolute atomic E-state index is 5.34. The first kappa shape index (κ1) is 35.5. The van der Waals surface area contributed by atoms with Gasteiger partial charge < -0.3 is 9.13 Å². The number of pyridine rings is 2. The molecule has 0 aliphatic rings. The van der Waals surface area contributed by atoms with Crippen LogP contribution >= 0.6 is 0 Å². The minimum absolute atomic E-state index is 0.675. The largest absolute Gasteiger partial charge is 0.309 e. The average Bonchev–Trinajstić information content (AvgIpc) is 3.87. The molecule has 0 bridgehead atoms. The van der Waals surface area contributed by atoms with Crippen molar-refractivity contribution >= 4 is 43.6 Å². The molecule has 0 amide bonds. The van der Waals surface area contributed by atoms with Crippen LogP contribution in [0.1, 0.15) is 0 Å². The molecule has 7 aromatic carbocycles. The molecule has 6 heteroatoms.